The molecule has 6 nitrogen and oxygen atoms in total. The molecule has 1 aliphatic rings. The van der Waals surface area contributed by atoms with Crippen LogP contribution < -0.4 is 10.6 Å². The fraction of sp³-hybridized carbons (Fsp3) is 0.333. The Morgan fingerprint density at radius 2 is 1.93 bits per heavy atom. The first-order valence-corrected chi connectivity index (χ1v) is 10.4. The van der Waals surface area contributed by atoms with Crippen molar-refractivity contribution in [3.8, 4) is 0 Å². The lowest BCUT2D eigenvalue weighted by Crippen LogP contribution is -2.21. The van der Waals surface area contributed by atoms with Gasteiger partial charge in [0, 0.05) is 35.4 Å². The van der Waals surface area contributed by atoms with E-state index in [1.807, 2.05) is 56.3 Å². The van der Waals surface area contributed by atoms with Crippen LogP contribution in [0, 0.1) is 6.92 Å². The molecule has 0 radical (unpaired) electrons. The lowest BCUT2D eigenvalue weighted by atomic mass is 10.1. The number of fused-ring (bicyclic) bond motifs is 3. The zero-order chi connectivity index (χ0) is 21.3. The summed E-state index contributed by atoms with van der Waals surface area (Å²) in [6.07, 6.45) is 3.69. The van der Waals surface area contributed by atoms with E-state index in [0.717, 1.165) is 29.3 Å². The second-order valence-electron chi connectivity index (χ2n) is 8.25. The monoisotopic (exact) mass is 404 g/mol. The summed E-state index contributed by atoms with van der Waals surface area (Å²) in [7, 11) is 3.88. The largest absolute Gasteiger partial charge is 0.358 e. The zero-order valence-corrected chi connectivity index (χ0v) is 17.8. The highest BCUT2D eigenvalue weighted by atomic mass is 16.2. The molecule has 0 aliphatic heterocycles. The lowest BCUT2D eigenvalue weighted by molar-refractivity contribution is -0.116. The Labute approximate surface area is 176 Å². The van der Waals surface area contributed by atoms with Gasteiger partial charge in [-0.1, -0.05) is 18.2 Å². The standard InChI is InChI=1S/C24H28N4O2/c1-15-10-11-16(14-21(15)26-22(29)12-13-28(2)3)25-24(30)19-8-4-7-18-17-6-5-9-20(17)27-23(18)19/h4,7-8,10-11,14,27H,5-6,9,12-13H2,1-3H3,(H,25,30)(H,26,29). The normalized spacial score (nSPS) is 12.9. The maximum Gasteiger partial charge on any atom is 0.257 e. The predicted octanol–water partition coefficient (Wildman–Crippen LogP) is 4.11. The first kappa shape index (κ1) is 20.2. The Balaban J connectivity index is 1.53. The van der Waals surface area contributed by atoms with E-state index in [1.54, 1.807) is 0 Å². The number of carbonyl (C=O) groups is 2. The Bertz CT molecular complexity index is 1110. The topological polar surface area (TPSA) is 77.2 Å². The third kappa shape index (κ3) is 4.09. The molecule has 0 unspecified atom stereocenters. The van der Waals surface area contributed by atoms with Crippen LogP contribution in [0.2, 0.25) is 0 Å². The van der Waals surface area contributed by atoms with E-state index in [9.17, 15) is 9.59 Å². The van der Waals surface area contributed by atoms with Crippen LogP contribution in [0.1, 0.15) is 40.0 Å². The molecule has 4 rings (SSSR count). The molecule has 0 bridgehead atoms. The van der Waals surface area contributed by atoms with Gasteiger partial charge in [0.25, 0.3) is 5.91 Å². The average Bonchev–Trinajstić information content (AvgIpc) is 3.30. The van der Waals surface area contributed by atoms with Crippen molar-refractivity contribution in [2.75, 3.05) is 31.3 Å². The van der Waals surface area contributed by atoms with Crippen LogP contribution in [0.4, 0.5) is 11.4 Å². The van der Waals surface area contributed by atoms with Gasteiger partial charge in [-0.25, -0.2) is 0 Å². The second kappa shape index (κ2) is 8.32. The number of aromatic amines is 1. The van der Waals surface area contributed by atoms with Crippen LogP contribution in [0.15, 0.2) is 36.4 Å². The molecule has 3 aromatic rings. The van der Waals surface area contributed by atoms with Gasteiger partial charge in [-0.05, 0) is 69.6 Å². The minimum Gasteiger partial charge on any atom is -0.358 e. The van der Waals surface area contributed by atoms with Crippen LogP contribution >= 0.6 is 0 Å². The molecule has 0 spiro atoms. The van der Waals surface area contributed by atoms with Crippen molar-refractivity contribution < 1.29 is 9.59 Å². The van der Waals surface area contributed by atoms with Gasteiger partial charge in [-0.15, -0.1) is 0 Å². The van der Waals surface area contributed by atoms with E-state index >= 15 is 0 Å². The van der Waals surface area contributed by atoms with E-state index in [0.29, 0.717) is 29.9 Å². The van der Waals surface area contributed by atoms with Crippen LogP contribution in [0.5, 0.6) is 0 Å². The average molecular weight is 405 g/mol. The summed E-state index contributed by atoms with van der Waals surface area (Å²) in [5.41, 5.74) is 6.47. The summed E-state index contributed by atoms with van der Waals surface area (Å²) in [5.74, 6) is -0.199. The molecule has 0 saturated heterocycles. The van der Waals surface area contributed by atoms with Crippen molar-refractivity contribution in [3.05, 3.63) is 58.8 Å². The molecule has 3 N–H and O–H groups in total. The Hall–Kier alpha value is -3.12. The number of benzene rings is 2. The number of anilines is 2. The molecule has 6 heteroatoms. The molecule has 1 heterocycles. The first-order chi connectivity index (χ1) is 14.4. The Morgan fingerprint density at radius 1 is 1.10 bits per heavy atom. The van der Waals surface area contributed by atoms with Crippen molar-refractivity contribution in [2.45, 2.75) is 32.6 Å². The van der Waals surface area contributed by atoms with E-state index in [2.05, 4.69) is 21.7 Å². The maximum absolute atomic E-state index is 13.0. The van der Waals surface area contributed by atoms with Gasteiger partial charge >= 0.3 is 0 Å². The number of carbonyl (C=O) groups excluding carboxylic acids is 2. The molecule has 0 saturated carbocycles. The van der Waals surface area contributed by atoms with Gasteiger partial charge < -0.3 is 20.5 Å². The van der Waals surface area contributed by atoms with Gasteiger partial charge in [-0.3, -0.25) is 9.59 Å². The SMILES string of the molecule is Cc1ccc(NC(=O)c2cccc3c4c([nH]c23)CCC4)cc1NC(=O)CCN(C)C. The number of nitrogens with zero attached hydrogens (tertiary/aromatic N) is 1. The fourth-order valence-electron chi connectivity index (χ4n) is 4.03. The fourth-order valence-corrected chi connectivity index (χ4v) is 4.03. The van der Waals surface area contributed by atoms with E-state index < -0.39 is 0 Å². The van der Waals surface area contributed by atoms with Gasteiger partial charge in [0.05, 0.1) is 11.1 Å². The zero-order valence-electron chi connectivity index (χ0n) is 17.8. The predicted molar refractivity (Wildman–Crippen MR) is 121 cm³/mol. The molecule has 0 atom stereocenters. The molecule has 2 aromatic carbocycles. The third-order valence-corrected chi connectivity index (χ3v) is 5.68. The second-order valence-corrected chi connectivity index (χ2v) is 8.25. The lowest BCUT2D eigenvalue weighted by Gasteiger charge is -2.13. The summed E-state index contributed by atoms with van der Waals surface area (Å²) in [5, 5.41) is 7.09. The first-order valence-electron chi connectivity index (χ1n) is 10.4. The van der Waals surface area contributed by atoms with Crippen LogP contribution in [0.3, 0.4) is 0 Å². The number of para-hydroxylation sites is 1. The van der Waals surface area contributed by atoms with Gasteiger partial charge in [0.15, 0.2) is 0 Å². The maximum atomic E-state index is 13.0. The number of amides is 2. The third-order valence-electron chi connectivity index (χ3n) is 5.68. The number of nitrogens with one attached hydrogen (secondary N) is 3. The number of H-pyrrole nitrogens is 1. The highest BCUT2D eigenvalue weighted by Gasteiger charge is 2.20. The highest BCUT2D eigenvalue weighted by molar-refractivity contribution is 6.13. The van der Waals surface area contributed by atoms with Gasteiger partial charge in [-0.2, -0.15) is 0 Å². The van der Waals surface area contributed by atoms with Crippen molar-refractivity contribution in [3.63, 3.8) is 0 Å². The smallest absolute Gasteiger partial charge is 0.257 e. The summed E-state index contributed by atoms with van der Waals surface area (Å²) < 4.78 is 0. The van der Waals surface area contributed by atoms with Crippen molar-refractivity contribution in [1.29, 1.82) is 0 Å². The molecular formula is C24H28N4O2. The number of aryl methyl sites for hydroxylation is 3. The van der Waals surface area contributed by atoms with Crippen molar-refractivity contribution in [2.24, 2.45) is 0 Å². The summed E-state index contributed by atoms with van der Waals surface area (Å²) in [6.45, 7) is 2.62. The minimum absolute atomic E-state index is 0.0408. The van der Waals surface area contributed by atoms with Crippen LogP contribution in [-0.2, 0) is 17.6 Å². The Morgan fingerprint density at radius 3 is 2.73 bits per heavy atom. The van der Waals surface area contributed by atoms with Gasteiger partial charge in [0.1, 0.15) is 0 Å². The summed E-state index contributed by atoms with van der Waals surface area (Å²) >= 11 is 0. The Kier molecular flexibility index (Phi) is 5.59. The molecule has 1 aliphatic carbocycles. The highest BCUT2D eigenvalue weighted by Crippen LogP contribution is 2.32. The number of hydrogen-bond acceptors (Lipinski definition) is 3. The molecular weight excluding hydrogens is 376 g/mol. The minimum atomic E-state index is -0.158. The van der Waals surface area contributed by atoms with E-state index in [4.69, 9.17) is 0 Å². The molecule has 156 valence electrons. The van der Waals surface area contributed by atoms with E-state index in [1.165, 1.54) is 17.7 Å². The summed E-state index contributed by atoms with van der Waals surface area (Å²) in [6, 6.07) is 11.4. The van der Waals surface area contributed by atoms with Crippen molar-refractivity contribution >= 4 is 34.1 Å². The molecule has 30 heavy (non-hydrogen) atoms. The van der Waals surface area contributed by atoms with Crippen LogP contribution in [0.25, 0.3) is 10.9 Å². The number of hydrogen-bond donors (Lipinski definition) is 3. The number of rotatable bonds is 6. The van der Waals surface area contributed by atoms with Gasteiger partial charge in [0.2, 0.25) is 5.91 Å². The summed E-state index contributed by atoms with van der Waals surface area (Å²) in [4.78, 5) is 30.7. The van der Waals surface area contributed by atoms with Crippen LogP contribution in [-0.4, -0.2) is 42.3 Å². The molecule has 0 fully saturated rings. The quantitative estimate of drug-likeness (QED) is 0.579. The molecule has 2 amide bonds. The van der Waals surface area contributed by atoms with Crippen molar-refractivity contribution in [1.82, 2.24) is 9.88 Å². The molecule has 1 aromatic heterocycles. The van der Waals surface area contributed by atoms with E-state index in [-0.39, 0.29) is 11.8 Å². The number of aromatic nitrogens is 1.